The molecule has 1 atom stereocenters. The zero-order valence-electron chi connectivity index (χ0n) is 8.96. The Labute approximate surface area is 85.9 Å². The maximum absolute atomic E-state index is 11.3. The van der Waals surface area contributed by atoms with Gasteiger partial charge in [-0.15, -0.1) is 0 Å². The van der Waals surface area contributed by atoms with Crippen LogP contribution in [0.5, 0.6) is 0 Å². The quantitative estimate of drug-likeness (QED) is 0.649. The van der Waals surface area contributed by atoms with Crippen LogP contribution in [0.1, 0.15) is 39.0 Å². The first-order valence-electron chi connectivity index (χ1n) is 5.66. The SMILES string of the molecule is CCCC(CCO)CNC(=O)C1CC1. The van der Waals surface area contributed by atoms with Gasteiger partial charge in [0.25, 0.3) is 0 Å². The van der Waals surface area contributed by atoms with Crippen molar-refractivity contribution in [2.75, 3.05) is 13.2 Å². The van der Waals surface area contributed by atoms with Crippen molar-refractivity contribution >= 4 is 5.91 Å². The number of aliphatic hydroxyl groups is 1. The minimum atomic E-state index is 0.212. The summed E-state index contributed by atoms with van der Waals surface area (Å²) in [5, 5.41) is 11.8. The Morgan fingerprint density at radius 1 is 1.50 bits per heavy atom. The molecule has 1 rings (SSSR count). The van der Waals surface area contributed by atoms with Gasteiger partial charge in [-0.3, -0.25) is 4.79 Å². The molecule has 2 N–H and O–H groups in total. The van der Waals surface area contributed by atoms with Crippen LogP contribution in [0.25, 0.3) is 0 Å². The summed E-state index contributed by atoms with van der Waals surface area (Å²) in [4.78, 5) is 11.3. The average Bonchev–Trinajstić information content (AvgIpc) is 2.97. The Hall–Kier alpha value is -0.570. The molecule has 0 aromatic rings. The highest BCUT2D eigenvalue weighted by Crippen LogP contribution is 2.28. The van der Waals surface area contributed by atoms with Gasteiger partial charge in [-0.1, -0.05) is 13.3 Å². The largest absolute Gasteiger partial charge is 0.396 e. The predicted molar refractivity (Wildman–Crippen MR) is 55.8 cm³/mol. The molecule has 1 amide bonds. The van der Waals surface area contributed by atoms with E-state index in [9.17, 15) is 4.79 Å². The van der Waals surface area contributed by atoms with E-state index in [4.69, 9.17) is 5.11 Å². The lowest BCUT2D eigenvalue weighted by molar-refractivity contribution is -0.122. The Morgan fingerprint density at radius 2 is 2.21 bits per heavy atom. The highest BCUT2D eigenvalue weighted by atomic mass is 16.3. The Bertz CT molecular complexity index is 172. The molecule has 0 heterocycles. The smallest absolute Gasteiger partial charge is 0.223 e. The van der Waals surface area contributed by atoms with Crippen LogP contribution in [0.3, 0.4) is 0 Å². The summed E-state index contributed by atoms with van der Waals surface area (Å²) in [6.07, 6.45) is 5.13. The van der Waals surface area contributed by atoms with Gasteiger partial charge in [0.2, 0.25) is 5.91 Å². The highest BCUT2D eigenvalue weighted by Gasteiger charge is 2.29. The average molecular weight is 199 g/mol. The van der Waals surface area contributed by atoms with Crippen molar-refractivity contribution in [2.45, 2.75) is 39.0 Å². The van der Waals surface area contributed by atoms with Crippen molar-refractivity contribution in [2.24, 2.45) is 11.8 Å². The lowest BCUT2D eigenvalue weighted by Gasteiger charge is -2.15. The van der Waals surface area contributed by atoms with Crippen LogP contribution in [-0.4, -0.2) is 24.2 Å². The minimum absolute atomic E-state index is 0.212. The molecule has 82 valence electrons. The van der Waals surface area contributed by atoms with Gasteiger partial charge in [-0.05, 0) is 31.6 Å². The van der Waals surface area contributed by atoms with Crippen LogP contribution in [-0.2, 0) is 4.79 Å². The van der Waals surface area contributed by atoms with E-state index < -0.39 is 0 Å². The zero-order chi connectivity index (χ0) is 10.4. The molecule has 1 saturated carbocycles. The maximum Gasteiger partial charge on any atom is 0.223 e. The Kier molecular flexibility index (Phi) is 4.94. The van der Waals surface area contributed by atoms with Gasteiger partial charge < -0.3 is 10.4 Å². The number of hydrogen-bond acceptors (Lipinski definition) is 2. The van der Waals surface area contributed by atoms with E-state index in [1.54, 1.807) is 0 Å². The molecule has 0 bridgehead atoms. The molecular weight excluding hydrogens is 178 g/mol. The molecule has 3 nitrogen and oxygen atoms in total. The van der Waals surface area contributed by atoms with Gasteiger partial charge in [0.05, 0.1) is 0 Å². The second-order valence-corrected chi connectivity index (χ2v) is 4.19. The summed E-state index contributed by atoms with van der Waals surface area (Å²) in [5.74, 6) is 0.961. The van der Waals surface area contributed by atoms with Gasteiger partial charge in [0.1, 0.15) is 0 Å². The number of rotatable bonds is 7. The van der Waals surface area contributed by atoms with Crippen molar-refractivity contribution in [1.82, 2.24) is 5.32 Å². The van der Waals surface area contributed by atoms with Crippen molar-refractivity contribution < 1.29 is 9.90 Å². The molecule has 1 unspecified atom stereocenters. The molecule has 1 aliphatic carbocycles. The first-order chi connectivity index (χ1) is 6.77. The third-order valence-electron chi connectivity index (χ3n) is 2.75. The Morgan fingerprint density at radius 3 is 2.71 bits per heavy atom. The molecule has 0 saturated heterocycles. The number of carbonyl (C=O) groups excluding carboxylic acids is 1. The molecule has 3 heteroatoms. The predicted octanol–water partition coefficient (Wildman–Crippen LogP) is 1.31. The van der Waals surface area contributed by atoms with Gasteiger partial charge >= 0.3 is 0 Å². The molecule has 1 aliphatic rings. The normalized spacial score (nSPS) is 17.9. The monoisotopic (exact) mass is 199 g/mol. The molecule has 0 radical (unpaired) electrons. The summed E-state index contributed by atoms with van der Waals surface area (Å²) in [5.41, 5.74) is 0. The molecule has 0 aromatic carbocycles. The maximum atomic E-state index is 11.3. The molecule has 0 aliphatic heterocycles. The Balaban J connectivity index is 2.13. The van der Waals surface area contributed by atoms with Gasteiger partial charge in [0, 0.05) is 19.1 Å². The molecule has 0 spiro atoms. The summed E-state index contributed by atoms with van der Waals surface area (Å²) >= 11 is 0. The van der Waals surface area contributed by atoms with E-state index in [1.165, 1.54) is 0 Å². The fourth-order valence-corrected chi connectivity index (χ4v) is 1.67. The van der Waals surface area contributed by atoms with E-state index in [0.29, 0.717) is 11.8 Å². The summed E-state index contributed by atoms with van der Waals surface area (Å²) in [6.45, 7) is 3.10. The van der Waals surface area contributed by atoms with Gasteiger partial charge in [0.15, 0.2) is 0 Å². The second kappa shape index (κ2) is 6.02. The van der Waals surface area contributed by atoms with Crippen molar-refractivity contribution in [3.8, 4) is 0 Å². The van der Waals surface area contributed by atoms with Crippen LogP contribution in [0.4, 0.5) is 0 Å². The van der Waals surface area contributed by atoms with Crippen LogP contribution in [0.15, 0.2) is 0 Å². The number of amides is 1. The van der Waals surface area contributed by atoms with Crippen molar-refractivity contribution in [3.63, 3.8) is 0 Å². The van der Waals surface area contributed by atoms with Crippen molar-refractivity contribution in [1.29, 1.82) is 0 Å². The third-order valence-corrected chi connectivity index (χ3v) is 2.75. The molecule has 14 heavy (non-hydrogen) atoms. The van der Waals surface area contributed by atoms with Crippen LogP contribution in [0.2, 0.25) is 0 Å². The lowest BCUT2D eigenvalue weighted by Crippen LogP contribution is -2.30. The topological polar surface area (TPSA) is 49.3 Å². The van der Waals surface area contributed by atoms with E-state index >= 15 is 0 Å². The number of aliphatic hydroxyl groups excluding tert-OH is 1. The standard InChI is InChI=1S/C11H21NO2/c1-2-3-9(6-7-13)8-12-11(14)10-4-5-10/h9-10,13H,2-8H2,1H3,(H,12,14). The van der Waals surface area contributed by atoms with Crippen LogP contribution < -0.4 is 5.32 Å². The van der Waals surface area contributed by atoms with E-state index in [0.717, 1.165) is 38.6 Å². The highest BCUT2D eigenvalue weighted by molar-refractivity contribution is 5.80. The second-order valence-electron chi connectivity index (χ2n) is 4.19. The summed E-state index contributed by atoms with van der Waals surface area (Å²) < 4.78 is 0. The van der Waals surface area contributed by atoms with E-state index in [-0.39, 0.29) is 12.5 Å². The van der Waals surface area contributed by atoms with Gasteiger partial charge in [-0.25, -0.2) is 0 Å². The molecule has 0 aromatic heterocycles. The van der Waals surface area contributed by atoms with E-state index in [2.05, 4.69) is 12.2 Å². The van der Waals surface area contributed by atoms with Crippen molar-refractivity contribution in [3.05, 3.63) is 0 Å². The summed E-state index contributed by atoms with van der Waals surface area (Å²) in [6, 6.07) is 0. The van der Waals surface area contributed by atoms with E-state index in [1.807, 2.05) is 0 Å². The van der Waals surface area contributed by atoms with Crippen LogP contribution >= 0.6 is 0 Å². The molecule has 1 fully saturated rings. The first-order valence-corrected chi connectivity index (χ1v) is 5.66. The number of nitrogens with one attached hydrogen (secondary N) is 1. The lowest BCUT2D eigenvalue weighted by atomic mass is 10.0. The third kappa shape index (κ3) is 4.09. The van der Waals surface area contributed by atoms with Crippen LogP contribution in [0, 0.1) is 11.8 Å². The number of carbonyl (C=O) groups is 1. The first kappa shape index (κ1) is 11.5. The zero-order valence-corrected chi connectivity index (χ0v) is 8.96. The summed E-state index contributed by atoms with van der Waals surface area (Å²) in [7, 11) is 0. The number of hydrogen-bond donors (Lipinski definition) is 2. The fraction of sp³-hybridized carbons (Fsp3) is 0.909. The molecular formula is C11H21NO2. The van der Waals surface area contributed by atoms with Gasteiger partial charge in [-0.2, -0.15) is 0 Å². The fourth-order valence-electron chi connectivity index (χ4n) is 1.67. The minimum Gasteiger partial charge on any atom is -0.396 e.